The molecule has 4 rings (SSSR count). The van der Waals surface area contributed by atoms with Crippen LogP contribution in [0, 0.1) is 11.3 Å². The van der Waals surface area contributed by atoms with Crippen LogP contribution >= 0.6 is 0 Å². The first kappa shape index (κ1) is 23.4. The minimum Gasteiger partial charge on any atom is -0.479 e. The van der Waals surface area contributed by atoms with Crippen LogP contribution in [0.15, 0.2) is 64.2 Å². The van der Waals surface area contributed by atoms with Gasteiger partial charge in [0, 0.05) is 25.3 Å². The van der Waals surface area contributed by atoms with Crippen molar-refractivity contribution < 1.29 is 9.53 Å². The monoisotopic (exact) mass is 448 g/mol. The molecule has 0 spiro atoms. The topological polar surface area (TPSA) is 122 Å². The number of nitrogens with zero attached hydrogens (tertiary/aromatic N) is 5. The van der Waals surface area contributed by atoms with Gasteiger partial charge in [0.15, 0.2) is 6.61 Å². The van der Waals surface area contributed by atoms with Crippen molar-refractivity contribution in [3.63, 3.8) is 0 Å². The van der Waals surface area contributed by atoms with Crippen LogP contribution in [0.2, 0.25) is 0 Å². The summed E-state index contributed by atoms with van der Waals surface area (Å²) >= 11 is 0. The number of benzene rings is 2. The van der Waals surface area contributed by atoms with E-state index in [1.807, 2.05) is 31.3 Å². The summed E-state index contributed by atoms with van der Waals surface area (Å²) in [5, 5.41) is 15.7. The van der Waals surface area contributed by atoms with E-state index in [0.29, 0.717) is 31.1 Å². The van der Waals surface area contributed by atoms with Gasteiger partial charge in [-0.15, -0.1) is 5.10 Å². The van der Waals surface area contributed by atoms with Crippen LogP contribution in [0.3, 0.4) is 0 Å². The summed E-state index contributed by atoms with van der Waals surface area (Å²) in [4.78, 5) is 36.4. The Balaban J connectivity index is 0.000000286. The largest absolute Gasteiger partial charge is 0.479 e. The minimum absolute atomic E-state index is 0.0409. The van der Waals surface area contributed by atoms with Crippen molar-refractivity contribution in [2.45, 2.75) is 19.6 Å². The number of nitrogens with one attached hydrogen (secondary N) is 1. The fourth-order valence-electron chi connectivity index (χ4n) is 3.30. The Labute approximate surface area is 190 Å². The third-order valence-electron chi connectivity index (χ3n) is 4.83. The zero-order valence-electron chi connectivity index (χ0n) is 18.2. The number of hydrogen-bond donors (Lipinski definition) is 1. The first-order chi connectivity index (χ1) is 16.1. The van der Waals surface area contributed by atoms with E-state index in [4.69, 9.17) is 10.00 Å². The number of ether oxygens (including phenoxy) is 1. The average Bonchev–Trinajstić information content (AvgIpc) is 3.27. The highest BCUT2D eigenvalue weighted by atomic mass is 16.5. The molecule has 1 aromatic heterocycles. The van der Waals surface area contributed by atoms with Crippen molar-refractivity contribution in [2.75, 3.05) is 25.1 Å². The number of carbonyl (C=O) groups is 1. The van der Waals surface area contributed by atoms with Crippen LogP contribution in [-0.4, -0.2) is 40.8 Å². The Bertz CT molecular complexity index is 1230. The molecule has 0 unspecified atom stereocenters. The molecule has 0 saturated carbocycles. The minimum atomic E-state index is -0.812. The van der Waals surface area contributed by atoms with Gasteiger partial charge in [0.05, 0.1) is 0 Å². The lowest BCUT2D eigenvalue weighted by Gasteiger charge is -2.18. The van der Waals surface area contributed by atoms with Gasteiger partial charge < -0.3 is 19.7 Å². The zero-order valence-corrected chi connectivity index (χ0v) is 18.2. The molecule has 0 fully saturated rings. The van der Waals surface area contributed by atoms with Crippen LogP contribution < -0.4 is 26.1 Å². The highest BCUT2D eigenvalue weighted by molar-refractivity contribution is 5.60. The molecule has 10 nitrogen and oxygen atoms in total. The number of fused-ring (bicyclic) bond motifs is 1. The molecule has 0 radical (unpaired) electrons. The number of carbonyl (C=O) groups excluding carboxylic acids is 1. The molecule has 0 aliphatic carbocycles. The molecule has 3 aromatic rings. The number of anilines is 2. The van der Waals surface area contributed by atoms with Gasteiger partial charge >= 0.3 is 11.1 Å². The van der Waals surface area contributed by atoms with E-state index in [1.54, 1.807) is 29.2 Å². The normalized spacial score (nSPS) is 11.7. The van der Waals surface area contributed by atoms with Crippen LogP contribution in [0.4, 0.5) is 11.6 Å². The lowest BCUT2D eigenvalue weighted by Crippen LogP contribution is -2.42. The van der Waals surface area contributed by atoms with Crippen LogP contribution in [0.25, 0.3) is 0 Å². The summed E-state index contributed by atoms with van der Waals surface area (Å²) in [6, 6.07) is 19.2. The zero-order chi connectivity index (χ0) is 23.6. The molecule has 10 heteroatoms. The molecule has 2 heterocycles. The summed E-state index contributed by atoms with van der Waals surface area (Å²) in [5.74, 6) is 0.864. The fraction of sp³-hybridized carbons (Fsp3) is 0.261. The lowest BCUT2D eigenvalue weighted by molar-refractivity contribution is -0.108. The van der Waals surface area contributed by atoms with Crippen LogP contribution in [0.5, 0.6) is 5.75 Å². The molecule has 1 N–H and O–H groups in total. The fourth-order valence-corrected chi connectivity index (χ4v) is 3.30. The summed E-state index contributed by atoms with van der Waals surface area (Å²) in [5.41, 5.74) is 0.583. The molecule has 0 saturated heterocycles. The van der Waals surface area contributed by atoms with Gasteiger partial charge in [-0.05, 0) is 36.9 Å². The Morgan fingerprint density at radius 2 is 1.82 bits per heavy atom. The molecule has 0 atom stereocenters. The third-order valence-corrected chi connectivity index (χ3v) is 4.83. The number of aromatic nitrogens is 3. The summed E-state index contributed by atoms with van der Waals surface area (Å²) in [6.45, 7) is 1.47. The van der Waals surface area contributed by atoms with Crippen molar-refractivity contribution in [2.24, 2.45) is 0 Å². The van der Waals surface area contributed by atoms with Gasteiger partial charge in [-0.3, -0.25) is 14.2 Å². The predicted octanol–water partition coefficient (Wildman–Crippen LogP) is 1.06. The lowest BCUT2D eigenvalue weighted by atomic mass is 10.2. The van der Waals surface area contributed by atoms with E-state index < -0.39 is 11.1 Å². The van der Waals surface area contributed by atoms with E-state index in [0.717, 1.165) is 16.9 Å². The van der Waals surface area contributed by atoms with Gasteiger partial charge in [-0.25, -0.2) is 4.68 Å². The van der Waals surface area contributed by atoms with Gasteiger partial charge in [0.1, 0.15) is 24.6 Å². The first-order valence-corrected chi connectivity index (χ1v) is 10.3. The molecule has 1 aliphatic rings. The summed E-state index contributed by atoms with van der Waals surface area (Å²) < 4.78 is 7.35. The Morgan fingerprint density at radius 3 is 2.45 bits per heavy atom. The van der Waals surface area contributed by atoms with Gasteiger partial charge in [-0.1, -0.05) is 30.3 Å². The summed E-state index contributed by atoms with van der Waals surface area (Å²) in [7, 11) is 1.95. The van der Waals surface area contributed by atoms with E-state index >= 15 is 0 Å². The second kappa shape index (κ2) is 11.4. The van der Waals surface area contributed by atoms with Gasteiger partial charge in [0.2, 0.25) is 5.95 Å². The quantitative estimate of drug-likeness (QED) is 0.421. The molecule has 170 valence electrons. The van der Waals surface area contributed by atoms with E-state index in [9.17, 15) is 14.4 Å². The second-order valence-corrected chi connectivity index (χ2v) is 7.02. The van der Waals surface area contributed by atoms with Crippen molar-refractivity contribution >= 4 is 17.9 Å². The molecular formula is C23H24N6O4. The average molecular weight is 448 g/mol. The molecule has 0 bridgehead atoms. The van der Waals surface area contributed by atoms with Crippen molar-refractivity contribution in [3.05, 3.63) is 80.9 Å². The van der Waals surface area contributed by atoms with Crippen molar-refractivity contribution in [3.8, 4) is 11.8 Å². The molecule has 33 heavy (non-hydrogen) atoms. The molecule has 0 amide bonds. The van der Waals surface area contributed by atoms with Crippen LogP contribution in [-0.2, 0) is 24.4 Å². The van der Waals surface area contributed by atoms with E-state index in [1.165, 1.54) is 10.1 Å². The van der Waals surface area contributed by atoms with E-state index in [-0.39, 0.29) is 13.2 Å². The number of hydrogen-bond acceptors (Lipinski definition) is 8. The highest BCUT2D eigenvalue weighted by Crippen LogP contribution is 2.27. The Hall–Kier alpha value is -4.23. The third kappa shape index (κ3) is 5.72. The number of rotatable bonds is 7. The number of aldehydes is 1. The Kier molecular flexibility index (Phi) is 8.10. The van der Waals surface area contributed by atoms with E-state index in [2.05, 4.69) is 22.5 Å². The molecule has 1 aliphatic heterocycles. The first-order valence-electron chi connectivity index (χ1n) is 10.3. The summed E-state index contributed by atoms with van der Waals surface area (Å²) in [6.07, 6.45) is 0.519. The smallest absolute Gasteiger partial charge is 0.333 e. The Morgan fingerprint density at radius 1 is 1.09 bits per heavy atom. The maximum Gasteiger partial charge on any atom is 0.333 e. The standard InChI is InChI=1S/C15H13N5O4.C8H11N/c16-5-10-24-12-3-1-11(2-4-12)18-6-7-19-13(22)14(23)20(8-9-21)17-15(18)19;1-9-7-8-5-3-2-4-6-8/h1-4,9H,6-8,10H2;2-6,9H,7H2,1H3. The SMILES string of the molecule is CNCc1ccccc1.N#CCOc1ccc(N2CCn3c2nn(CC=O)c(=O)c3=O)cc1. The van der Waals surface area contributed by atoms with Gasteiger partial charge in [-0.2, -0.15) is 5.26 Å². The predicted molar refractivity (Wildman–Crippen MR) is 123 cm³/mol. The second-order valence-electron chi connectivity index (χ2n) is 7.02. The maximum absolute atomic E-state index is 12.1. The number of nitriles is 1. The van der Waals surface area contributed by atoms with Gasteiger partial charge in [0.25, 0.3) is 0 Å². The molecular weight excluding hydrogens is 424 g/mol. The van der Waals surface area contributed by atoms with Crippen LogP contribution in [0.1, 0.15) is 5.56 Å². The maximum atomic E-state index is 12.1. The van der Waals surface area contributed by atoms with Crippen molar-refractivity contribution in [1.29, 1.82) is 5.26 Å². The van der Waals surface area contributed by atoms with Crippen molar-refractivity contribution in [1.82, 2.24) is 19.7 Å². The molecule has 2 aromatic carbocycles. The highest BCUT2D eigenvalue weighted by Gasteiger charge is 2.25.